The summed E-state index contributed by atoms with van der Waals surface area (Å²) in [4.78, 5) is 14.8. The number of carbonyl (C=O) groups is 1. The van der Waals surface area contributed by atoms with Crippen molar-refractivity contribution in [3.05, 3.63) is 54.1 Å². The molecule has 2 aromatic carbocycles. The molecule has 0 saturated carbocycles. The highest BCUT2D eigenvalue weighted by molar-refractivity contribution is 7.22. The average molecular weight is 326 g/mol. The lowest BCUT2D eigenvalue weighted by atomic mass is 10.2. The van der Waals surface area contributed by atoms with E-state index in [1.54, 1.807) is 24.4 Å². The van der Waals surface area contributed by atoms with Gasteiger partial charge in [-0.15, -0.1) is 0 Å². The van der Waals surface area contributed by atoms with Crippen molar-refractivity contribution in [3.8, 4) is 5.75 Å². The number of fused-ring (bicyclic) bond motifs is 1. The second-order valence-electron chi connectivity index (χ2n) is 4.59. The summed E-state index contributed by atoms with van der Waals surface area (Å²) in [5, 5.41) is 15.2. The van der Waals surface area contributed by atoms with E-state index in [0.29, 0.717) is 10.9 Å². The maximum atomic E-state index is 10.4. The highest BCUT2D eigenvalue weighted by Crippen LogP contribution is 2.25. The first-order valence-corrected chi connectivity index (χ1v) is 7.60. The number of aliphatic carboxylic acids is 1. The number of thiazole rings is 1. The standard InChI is InChI=1S/C16H13N3O3S/c20-15(21)10-22-12-5-3-4-11(8-12)9-17-19-16-18-13-6-1-2-7-14(13)23-16/h1-9H,10H2,(H,18,19)(H,20,21)/p-1/b17-9-. The van der Waals surface area contributed by atoms with Crippen molar-refractivity contribution in [2.45, 2.75) is 0 Å². The number of carbonyl (C=O) groups excluding carboxylic acids is 1. The molecular formula is C16H12N3O3S-. The molecule has 0 spiro atoms. The second-order valence-corrected chi connectivity index (χ2v) is 5.62. The number of hydrogen-bond donors (Lipinski definition) is 1. The highest BCUT2D eigenvalue weighted by Gasteiger charge is 2.01. The summed E-state index contributed by atoms with van der Waals surface area (Å²) in [6.07, 6.45) is 1.61. The lowest BCUT2D eigenvalue weighted by Gasteiger charge is -2.06. The van der Waals surface area contributed by atoms with Gasteiger partial charge in [-0.3, -0.25) is 5.43 Å². The van der Waals surface area contributed by atoms with Gasteiger partial charge in [0.05, 0.1) is 22.4 Å². The van der Waals surface area contributed by atoms with Gasteiger partial charge in [-0.2, -0.15) is 5.10 Å². The van der Waals surface area contributed by atoms with Gasteiger partial charge in [0.1, 0.15) is 12.4 Å². The van der Waals surface area contributed by atoms with Crippen LogP contribution < -0.4 is 15.3 Å². The molecule has 1 heterocycles. The molecule has 3 rings (SSSR count). The third-order valence-corrected chi connectivity index (χ3v) is 3.82. The Balaban J connectivity index is 1.65. The van der Waals surface area contributed by atoms with Crippen LogP contribution in [0.3, 0.4) is 0 Å². The largest absolute Gasteiger partial charge is 0.546 e. The average Bonchev–Trinajstić information content (AvgIpc) is 2.96. The number of benzene rings is 2. The number of anilines is 1. The fourth-order valence-corrected chi connectivity index (χ4v) is 2.72. The minimum atomic E-state index is -1.26. The molecule has 0 bridgehead atoms. The minimum Gasteiger partial charge on any atom is -0.546 e. The van der Waals surface area contributed by atoms with E-state index in [0.717, 1.165) is 15.8 Å². The van der Waals surface area contributed by atoms with Crippen molar-refractivity contribution in [1.29, 1.82) is 0 Å². The van der Waals surface area contributed by atoms with Crippen molar-refractivity contribution in [3.63, 3.8) is 0 Å². The molecule has 0 aliphatic heterocycles. The molecule has 0 aliphatic carbocycles. The fourth-order valence-electron chi connectivity index (χ4n) is 1.91. The number of carboxylic acid groups (broad SMARTS) is 1. The summed E-state index contributed by atoms with van der Waals surface area (Å²) in [5.41, 5.74) is 4.58. The van der Waals surface area contributed by atoms with Gasteiger partial charge >= 0.3 is 0 Å². The smallest absolute Gasteiger partial charge is 0.204 e. The molecule has 0 unspecified atom stereocenters. The molecule has 0 amide bonds. The third-order valence-electron chi connectivity index (χ3n) is 2.88. The lowest BCUT2D eigenvalue weighted by Crippen LogP contribution is -2.28. The maximum absolute atomic E-state index is 10.4. The molecule has 7 heteroatoms. The molecule has 0 atom stereocenters. The molecule has 3 aromatic rings. The first-order valence-electron chi connectivity index (χ1n) is 6.78. The Morgan fingerprint density at radius 2 is 2.17 bits per heavy atom. The highest BCUT2D eigenvalue weighted by atomic mass is 32.1. The van der Waals surface area contributed by atoms with Crippen LogP contribution in [-0.2, 0) is 4.79 Å². The Labute approximate surface area is 136 Å². The van der Waals surface area contributed by atoms with Crippen LogP contribution in [0.5, 0.6) is 5.75 Å². The van der Waals surface area contributed by atoms with Crippen molar-refractivity contribution < 1.29 is 14.6 Å². The number of hydrazone groups is 1. The molecule has 23 heavy (non-hydrogen) atoms. The first-order chi connectivity index (χ1) is 11.2. The molecule has 0 radical (unpaired) electrons. The number of aromatic nitrogens is 1. The van der Waals surface area contributed by atoms with Crippen LogP contribution in [-0.4, -0.2) is 23.8 Å². The Kier molecular flexibility index (Phi) is 4.49. The van der Waals surface area contributed by atoms with Crippen molar-refractivity contribution in [1.82, 2.24) is 4.98 Å². The molecule has 0 fully saturated rings. The van der Waals surface area contributed by atoms with E-state index in [1.807, 2.05) is 30.3 Å². The summed E-state index contributed by atoms with van der Waals surface area (Å²) in [6.45, 7) is -0.482. The molecule has 0 saturated heterocycles. The van der Waals surface area contributed by atoms with Crippen molar-refractivity contribution in [2.75, 3.05) is 12.0 Å². The number of hydrogen-bond acceptors (Lipinski definition) is 7. The molecular weight excluding hydrogens is 314 g/mol. The zero-order valence-electron chi connectivity index (χ0n) is 11.9. The summed E-state index contributed by atoms with van der Waals surface area (Å²) >= 11 is 1.51. The Bertz CT molecular complexity index is 827. The summed E-state index contributed by atoms with van der Waals surface area (Å²) in [6, 6.07) is 14.8. The van der Waals surface area contributed by atoms with Gasteiger partial charge in [-0.1, -0.05) is 35.6 Å². The number of carboxylic acids is 1. The summed E-state index contributed by atoms with van der Waals surface area (Å²) in [7, 11) is 0. The molecule has 116 valence electrons. The van der Waals surface area contributed by atoms with Crippen LogP contribution in [0.15, 0.2) is 53.6 Å². The van der Waals surface area contributed by atoms with Crippen molar-refractivity contribution >= 4 is 38.9 Å². The molecule has 0 aliphatic rings. The van der Waals surface area contributed by atoms with Gasteiger partial charge < -0.3 is 14.6 Å². The van der Waals surface area contributed by atoms with Gasteiger partial charge in [0, 0.05) is 0 Å². The number of nitrogens with one attached hydrogen (secondary N) is 1. The van der Waals surface area contributed by atoms with Crippen LogP contribution in [0.4, 0.5) is 5.13 Å². The normalized spacial score (nSPS) is 11.0. The van der Waals surface area contributed by atoms with E-state index in [2.05, 4.69) is 15.5 Å². The monoisotopic (exact) mass is 326 g/mol. The molecule has 1 N–H and O–H groups in total. The van der Waals surface area contributed by atoms with Gasteiger partial charge in [-0.05, 0) is 29.8 Å². The zero-order chi connectivity index (χ0) is 16.1. The summed E-state index contributed by atoms with van der Waals surface area (Å²) < 4.78 is 6.14. The lowest BCUT2D eigenvalue weighted by molar-refractivity contribution is -0.307. The quantitative estimate of drug-likeness (QED) is 0.552. The first kappa shape index (κ1) is 15.0. The van der Waals surface area contributed by atoms with E-state index >= 15 is 0 Å². The van der Waals surface area contributed by atoms with E-state index in [-0.39, 0.29) is 0 Å². The zero-order valence-corrected chi connectivity index (χ0v) is 12.7. The van der Waals surface area contributed by atoms with Gasteiger partial charge in [0.25, 0.3) is 0 Å². The third kappa shape index (κ3) is 4.04. The summed E-state index contributed by atoms with van der Waals surface area (Å²) in [5.74, 6) is -0.820. The topological polar surface area (TPSA) is 86.6 Å². The van der Waals surface area contributed by atoms with Crippen molar-refractivity contribution in [2.24, 2.45) is 5.10 Å². The predicted octanol–water partition coefficient (Wildman–Crippen LogP) is 1.87. The number of para-hydroxylation sites is 1. The Morgan fingerprint density at radius 1 is 1.30 bits per heavy atom. The van der Waals surface area contributed by atoms with E-state index < -0.39 is 12.6 Å². The molecule has 6 nitrogen and oxygen atoms in total. The van der Waals surface area contributed by atoms with E-state index in [1.165, 1.54) is 11.3 Å². The second kappa shape index (κ2) is 6.89. The maximum Gasteiger partial charge on any atom is 0.204 e. The number of ether oxygens (including phenoxy) is 1. The fraction of sp³-hybridized carbons (Fsp3) is 0.0625. The van der Waals surface area contributed by atoms with Crippen LogP contribution in [0, 0.1) is 0 Å². The van der Waals surface area contributed by atoms with Crippen LogP contribution >= 0.6 is 11.3 Å². The van der Waals surface area contributed by atoms with Gasteiger partial charge in [0.2, 0.25) is 5.13 Å². The Morgan fingerprint density at radius 3 is 3.00 bits per heavy atom. The van der Waals surface area contributed by atoms with E-state index in [4.69, 9.17) is 4.74 Å². The Hall–Kier alpha value is -2.93. The van der Waals surface area contributed by atoms with Crippen LogP contribution in [0.1, 0.15) is 5.56 Å². The predicted molar refractivity (Wildman–Crippen MR) is 87.8 cm³/mol. The van der Waals surface area contributed by atoms with Crippen LogP contribution in [0.2, 0.25) is 0 Å². The SMILES string of the molecule is O=C([O-])COc1cccc(/C=N\Nc2nc3ccccc3s2)c1. The van der Waals surface area contributed by atoms with Gasteiger partial charge in [-0.25, -0.2) is 4.98 Å². The van der Waals surface area contributed by atoms with Crippen LogP contribution in [0.25, 0.3) is 10.2 Å². The molecule has 1 aromatic heterocycles. The number of nitrogens with zero attached hydrogens (tertiary/aromatic N) is 2. The van der Waals surface area contributed by atoms with Gasteiger partial charge in [0.15, 0.2) is 0 Å². The van der Waals surface area contributed by atoms with E-state index in [9.17, 15) is 9.90 Å². The number of rotatable bonds is 6. The minimum absolute atomic E-state index is 0.443.